The van der Waals surface area contributed by atoms with Gasteiger partial charge in [-0.3, -0.25) is 0 Å². The van der Waals surface area contributed by atoms with Crippen LogP contribution in [0.15, 0.2) is 48.7 Å². The highest BCUT2D eigenvalue weighted by molar-refractivity contribution is 6.31. The lowest BCUT2D eigenvalue weighted by atomic mass is 9.87. The molecule has 0 saturated heterocycles. The Balaban J connectivity index is 1.78. The number of benzene rings is 2. The number of aromatic amines is 1. The highest BCUT2D eigenvalue weighted by Crippen LogP contribution is 2.42. The second-order valence-corrected chi connectivity index (χ2v) is 7.24. The molecule has 0 amide bonds. The molecule has 1 unspecified atom stereocenters. The molecule has 1 aliphatic rings. The van der Waals surface area contributed by atoms with Gasteiger partial charge in [0, 0.05) is 51.2 Å². The number of hydrogen-bond donors (Lipinski definition) is 1. The Hall–Kier alpha value is -2.19. The second kappa shape index (κ2) is 5.15. The number of para-hydroxylation sites is 1. The molecule has 0 saturated carbocycles. The standard InChI is InChI=1S/C21H19ClN2/c1-13-15-5-2-3-7-20(15)24-10-4-6-16(21(13)24)18-12-23-19-9-8-14(22)11-17(18)19/h2-3,5,7-9,11-12,16,23H,4,6,10H2,1H3. The van der Waals surface area contributed by atoms with E-state index in [9.17, 15) is 0 Å². The van der Waals surface area contributed by atoms with Gasteiger partial charge in [-0.05, 0) is 55.2 Å². The van der Waals surface area contributed by atoms with Gasteiger partial charge >= 0.3 is 0 Å². The lowest BCUT2D eigenvalue weighted by Crippen LogP contribution is -2.16. The zero-order valence-electron chi connectivity index (χ0n) is 13.6. The van der Waals surface area contributed by atoms with E-state index in [0.29, 0.717) is 5.92 Å². The van der Waals surface area contributed by atoms with E-state index in [4.69, 9.17) is 11.6 Å². The molecule has 3 heterocycles. The molecule has 2 nitrogen and oxygen atoms in total. The molecular weight excluding hydrogens is 316 g/mol. The summed E-state index contributed by atoms with van der Waals surface area (Å²) in [5.41, 5.74) is 6.81. The van der Waals surface area contributed by atoms with E-state index in [2.05, 4.69) is 59.1 Å². The van der Waals surface area contributed by atoms with E-state index >= 15 is 0 Å². The number of aromatic nitrogens is 2. The summed E-state index contributed by atoms with van der Waals surface area (Å²) in [5.74, 6) is 0.429. The number of H-pyrrole nitrogens is 1. The fourth-order valence-electron chi connectivity index (χ4n) is 4.48. The van der Waals surface area contributed by atoms with Crippen LogP contribution in [0.2, 0.25) is 5.02 Å². The van der Waals surface area contributed by atoms with Gasteiger partial charge in [0.1, 0.15) is 0 Å². The first-order chi connectivity index (χ1) is 11.7. The average Bonchev–Trinajstić information content (AvgIpc) is 3.15. The number of rotatable bonds is 1. The van der Waals surface area contributed by atoms with Gasteiger partial charge in [-0.25, -0.2) is 0 Å². The lowest BCUT2D eigenvalue weighted by molar-refractivity contribution is 0.500. The predicted molar refractivity (Wildman–Crippen MR) is 101 cm³/mol. The molecule has 0 fully saturated rings. The van der Waals surface area contributed by atoms with Gasteiger partial charge in [0.15, 0.2) is 0 Å². The molecule has 4 aromatic rings. The van der Waals surface area contributed by atoms with Crippen LogP contribution in [-0.4, -0.2) is 9.55 Å². The van der Waals surface area contributed by atoms with E-state index in [0.717, 1.165) is 11.6 Å². The normalized spacial score (nSPS) is 17.5. The summed E-state index contributed by atoms with van der Waals surface area (Å²) in [5, 5.41) is 3.44. The van der Waals surface area contributed by atoms with Crippen molar-refractivity contribution in [2.45, 2.75) is 32.2 Å². The molecule has 1 aliphatic heterocycles. The largest absolute Gasteiger partial charge is 0.361 e. The van der Waals surface area contributed by atoms with Crippen molar-refractivity contribution in [3.8, 4) is 0 Å². The van der Waals surface area contributed by atoms with Crippen molar-refractivity contribution in [1.82, 2.24) is 9.55 Å². The van der Waals surface area contributed by atoms with Crippen LogP contribution in [0.1, 0.15) is 35.6 Å². The molecule has 1 N–H and O–H groups in total. The van der Waals surface area contributed by atoms with Crippen LogP contribution in [0.4, 0.5) is 0 Å². The number of halogens is 1. The van der Waals surface area contributed by atoms with Gasteiger partial charge in [-0.1, -0.05) is 29.8 Å². The van der Waals surface area contributed by atoms with Crippen molar-refractivity contribution in [2.75, 3.05) is 0 Å². The molecule has 0 radical (unpaired) electrons. The zero-order valence-corrected chi connectivity index (χ0v) is 14.4. The number of fused-ring (bicyclic) bond motifs is 4. The van der Waals surface area contributed by atoms with Crippen LogP contribution in [0.25, 0.3) is 21.8 Å². The van der Waals surface area contributed by atoms with Crippen molar-refractivity contribution in [2.24, 2.45) is 0 Å². The second-order valence-electron chi connectivity index (χ2n) is 6.81. The zero-order chi connectivity index (χ0) is 16.3. The molecule has 0 spiro atoms. The first-order valence-electron chi connectivity index (χ1n) is 8.58. The van der Waals surface area contributed by atoms with Gasteiger partial charge in [0.2, 0.25) is 0 Å². The van der Waals surface area contributed by atoms with Crippen molar-refractivity contribution in [3.63, 3.8) is 0 Å². The fraction of sp³-hybridized carbons (Fsp3) is 0.238. The van der Waals surface area contributed by atoms with E-state index in [1.165, 1.54) is 51.5 Å². The van der Waals surface area contributed by atoms with Crippen LogP contribution >= 0.6 is 11.6 Å². The van der Waals surface area contributed by atoms with Crippen LogP contribution < -0.4 is 0 Å². The van der Waals surface area contributed by atoms with Gasteiger partial charge < -0.3 is 9.55 Å². The Kier molecular flexibility index (Phi) is 3.04. The van der Waals surface area contributed by atoms with E-state index in [-0.39, 0.29) is 0 Å². The van der Waals surface area contributed by atoms with Crippen molar-refractivity contribution in [3.05, 3.63) is 70.5 Å². The Morgan fingerprint density at radius 2 is 2.00 bits per heavy atom. The number of aryl methyl sites for hydroxylation is 2. The van der Waals surface area contributed by atoms with Crippen LogP contribution in [0, 0.1) is 6.92 Å². The third-order valence-corrected chi connectivity index (χ3v) is 5.76. The van der Waals surface area contributed by atoms with Gasteiger partial charge in [0.25, 0.3) is 0 Å². The Morgan fingerprint density at radius 1 is 1.12 bits per heavy atom. The summed E-state index contributed by atoms with van der Waals surface area (Å²) in [6.45, 7) is 3.39. The predicted octanol–water partition coefficient (Wildman–Crippen LogP) is 6.01. The quantitative estimate of drug-likeness (QED) is 0.440. The highest BCUT2D eigenvalue weighted by Gasteiger charge is 2.28. The first-order valence-corrected chi connectivity index (χ1v) is 8.96. The van der Waals surface area contributed by atoms with Crippen molar-refractivity contribution in [1.29, 1.82) is 0 Å². The molecule has 120 valence electrons. The monoisotopic (exact) mass is 334 g/mol. The Morgan fingerprint density at radius 3 is 2.92 bits per heavy atom. The van der Waals surface area contributed by atoms with Crippen molar-refractivity contribution >= 4 is 33.4 Å². The topological polar surface area (TPSA) is 20.7 Å². The van der Waals surface area contributed by atoms with E-state index < -0.39 is 0 Å². The van der Waals surface area contributed by atoms with Gasteiger partial charge in [0.05, 0.1) is 0 Å². The van der Waals surface area contributed by atoms with Gasteiger partial charge in [-0.2, -0.15) is 0 Å². The number of hydrogen-bond acceptors (Lipinski definition) is 0. The summed E-state index contributed by atoms with van der Waals surface area (Å²) in [7, 11) is 0. The van der Waals surface area contributed by atoms with Crippen LogP contribution in [0.3, 0.4) is 0 Å². The van der Waals surface area contributed by atoms with Crippen LogP contribution in [0.5, 0.6) is 0 Å². The summed E-state index contributed by atoms with van der Waals surface area (Å²) in [6, 6.07) is 14.9. The maximum Gasteiger partial charge on any atom is 0.0485 e. The Bertz CT molecular complexity index is 1070. The maximum atomic E-state index is 6.26. The Labute approximate surface area is 146 Å². The van der Waals surface area contributed by atoms with E-state index in [1.807, 2.05) is 6.07 Å². The molecule has 0 bridgehead atoms. The minimum atomic E-state index is 0.429. The molecule has 1 atom stereocenters. The molecule has 2 aromatic heterocycles. The number of nitrogens with zero attached hydrogens (tertiary/aromatic N) is 1. The summed E-state index contributed by atoms with van der Waals surface area (Å²) >= 11 is 6.26. The molecular formula is C21H19ClN2. The van der Waals surface area contributed by atoms with E-state index in [1.54, 1.807) is 0 Å². The fourth-order valence-corrected chi connectivity index (χ4v) is 4.65. The molecule has 5 rings (SSSR count). The van der Waals surface area contributed by atoms with Gasteiger partial charge in [-0.15, -0.1) is 0 Å². The number of nitrogens with one attached hydrogen (secondary N) is 1. The van der Waals surface area contributed by atoms with Crippen molar-refractivity contribution < 1.29 is 0 Å². The smallest absolute Gasteiger partial charge is 0.0485 e. The summed E-state index contributed by atoms with van der Waals surface area (Å²) in [6.07, 6.45) is 4.58. The molecule has 3 heteroatoms. The highest BCUT2D eigenvalue weighted by atomic mass is 35.5. The molecule has 0 aliphatic carbocycles. The third-order valence-electron chi connectivity index (χ3n) is 5.53. The summed E-state index contributed by atoms with van der Waals surface area (Å²) in [4.78, 5) is 3.43. The minimum Gasteiger partial charge on any atom is -0.361 e. The summed E-state index contributed by atoms with van der Waals surface area (Å²) < 4.78 is 2.53. The average molecular weight is 335 g/mol. The third kappa shape index (κ3) is 1.90. The lowest BCUT2D eigenvalue weighted by Gasteiger charge is -2.26. The molecule has 24 heavy (non-hydrogen) atoms. The SMILES string of the molecule is Cc1c2n(c3ccccc13)CCCC2c1c[nH]c2ccc(Cl)cc12. The van der Waals surface area contributed by atoms with Crippen LogP contribution in [-0.2, 0) is 6.54 Å². The first kappa shape index (κ1) is 14.2. The maximum absolute atomic E-state index is 6.26. The molecule has 2 aromatic carbocycles. The minimum absolute atomic E-state index is 0.429.